The van der Waals surface area contributed by atoms with Crippen molar-refractivity contribution in [1.82, 2.24) is 0 Å². The standard InChI is InChI=1S/C21H18/c1-14-15(2)20-12-17-10-6-7-11-18(17)21(20)13-19(14)16-8-4-3-5-9-16/h3-11,13H,12H2,1-2H3. The summed E-state index contributed by atoms with van der Waals surface area (Å²) in [6.45, 7) is 4.52. The first kappa shape index (κ1) is 12.4. The minimum absolute atomic E-state index is 1.08. The van der Waals surface area contributed by atoms with Crippen molar-refractivity contribution in [3.63, 3.8) is 0 Å². The number of fused-ring (bicyclic) bond motifs is 3. The summed E-state index contributed by atoms with van der Waals surface area (Å²) < 4.78 is 0. The van der Waals surface area contributed by atoms with Gasteiger partial charge in [0, 0.05) is 0 Å². The first-order chi connectivity index (χ1) is 10.3. The van der Waals surface area contributed by atoms with Crippen molar-refractivity contribution in [2.75, 3.05) is 0 Å². The van der Waals surface area contributed by atoms with E-state index in [0.717, 1.165) is 6.42 Å². The van der Waals surface area contributed by atoms with Gasteiger partial charge in [-0.15, -0.1) is 0 Å². The Balaban J connectivity index is 2.00. The van der Waals surface area contributed by atoms with Crippen LogP contribution in [0.5, 0.6) is 0 Å². The summed E-state index contributed by atoms with van der Waals surface area (Å²) >= 11 is 0. The summed E-state index contributed by atoms with van der Waals surface area (Å²) in [6, 6.07) is 21.9. The Morgan fingerprint density at radius 3 is 2.19 bits per heavy atom. The predicted molar refractivity (Wildman–Crippen MR) is 89.6 cm³/mol. The first-order valence-corrected chi connectivity index (χ1v) is 7.52. The lowest BCUT2D eigenvalue weighted by Crippen LogP contribution is -1.94. The van der Waals surface area contributed by atoms with Crippen molar-refractivity contribution in [1.29, 1.82) is 0 Å². The lowest BCUT2D eigenvalue weighted by molar-refractivity contribution is 1.19. The van der Waals surface area contributed by atoms with E-state index in [9.17, 15) is 0 Å². The lowest BCUT2D eigenvalue weighted by atomic mass is 9.90. The van der Waals surface area contributed by atoms with E-state index in [1.165, 1.54) is 44.5 Å². The fourth-order valence-corrected chi connectivity index (χ4v) is 3.48. The van der Waals surface area contributed by atoms with Crippen molar-refractivity contribution in [2.24, 2.45) is 0 Å². The van der Waals surface area contributed by atoms with Gasteiger partial charge in [0.2, 0.25) is 0 Å². The molecule has 0 heteroatoms. The molecule has 0 atom stereocenters. The topological polar surface area (TPSA) is 0 Å². The van der Waals surface area contributed by atoms with Crippen LogP contribution in [0.2, 0.25) is 0 Å². The summed E-state index contributed by atoms with van der Waals surface area (Å²) in [5, 5.41) is 0. The third kappa shape index (κ3) is 1.83. The third-order valence-corrected chi connectivity index (χ3v) is 4.79. The second kappa shape index (κ2) is 4.60. The van der Waals surface area contributed by atoms with Crippen molar-refractivity contribution < 1.29 is 0 Å². The quantitative estimate of drug-likeness (QED) is 0.426. The zero-order valence-electron chi connectivity index (χ0n) is 12.5. The SMILES string of the molecule is Cc1c(-c2ccccc2)cc2c(c1C)Cc1ccccc1-2. The Hall–Kier alpha value is -2.34. The Morgan fingerprint density at radius 2 is 1.38 bits per heavy atom. The number of rotatable bonds is 1. The van der Waals surface area contributed by atoms with E-state index < -0.39 is 0 Å². The van der Waals surface area contributed by atoms with E-state index in [0.29, 0.717) is 0 Å². The Morgan fingerprint density at radius 1 is 0.667 bits per heavy atom. The van der Waals surface area contributed by atoms with E-state index in [1.807, 2.05) is 0 Å². The Labute approximate surface area is 126 Å². The summed E-state index contributed by atoms with van der Waals surface area (Å²) in [4.78, 5) is 0. The molecule has 0 radical (unpaired) electrons. The van der Waals surface area contributed by atoms with Crippen LogP contribution in [0.15, 0.2) is 60.7 Å². The molecule has 0 aromatic heterocycles. The van der Waals surface area contributed by atoms with Crippen LogP contribution in [0, 0.1) is 13.8 Å². The van der Waals surface area contributed by atoms with Gasteiger partial charge in [0.1, 0.15) is 0 Å². The van der Waals surface area contributed by atoms with Gasteiger partial charge in [-0.05, 0) is 70.8 Å². The largest absolute Gasteiger partial charge is 0.0622 e. The predicted octanol–water partition coefficient (Wildman–Crippen LogP) is 5.54. The molecule has 4 rings (SSSR count). The molecule has 0 fully saturated rings. The molecule has 0 aliphatic heterocycles. The van der Waals surface area contributed by atoms with Crippen LogP contribution in [0.25, 0.3) is 22.3 Å². The molecule has 0 heterocycles. The summed E-state index contributed by atoms with van der Waals surface area (Å²) in [7, 11) is 0. The van der Waals surface area contributed by atoms with Gasteiger partial charge in [-0.3, -0.25) is 0 Å². The van der Waals surface area contributed by atoms with Crippen molar-refractivity contribution in [3.8, 4) is 22.3 Å². The second-order valence-corrected chi connectivity index (χ2v) is 5.90. The molecule has 0 nitrogen and oxygen atoms in total. The van der Waals surface area contributed by atoms with Gasteiger partial charge in [-0.25, -0.2) is 0 Å². The number of hydrogen-bond acceptors (Lipinski definition) is 0. The van der Waals surface area contributed by atoms with E-state index in [1.54, 1.807) is 0 Å². The van der Waals surface area contributed by atoms with Crippen LogP contribution in [-0.4, -0.2) is 0 Å². The molecule has 0 amide bonds. The fraction of sp³-hybridized carbons (Fsp3) is 0.143. The normalized spacial score (nSPS) is 12.1. The number of hydrogen-bond donors (Lipinski definition) is 0. The first-order valence-electron chi connectivity index (χ1n) is 7.52. The molecule has 0 spiro atoms. The minimum Gasteiger partial charge on any atom is -0.0622 e. The summed E-state index contributed by atoms with van der Waals surface area (Å²) in [5.74, 6) is 0. The molecule has 0 bridgehead atoms. The maximum atomic E-state index is 2.39. The van der Waals surface area contributed by atoms with E-state index >= 15 is 0 Å². The molecule has 3 aromatic rings. The molecule has 3 aromatic carbocycles. The summed E-state index contributed by atoms with van der Waals surface area (Å²) in [5.41, 5.74) is 11.3. The maximum absolute atomic E-state index is 2.39. The maximum Gasteiger partial charge on any atom is -0.00107 e. The van der Waals surface area contributed by atoms with Crippen molar-refractivity contribution in [2.45, 2.75) is 20.3 Å². The zero-order chi connectivity index (χ0) is 14.4. The van der Waals surface area contributed by atoms with Gasteiger partial charge in [-0.1, -0.05) is 54.6 Å². The molecular formula is C21H18. The molecule has 0 saturated carbocycles. The van der Waals surface area contributed by atoms with Crippen LogP contribution in [0.1, 0.15) is 22.3 Å². The smallest absolute Gasteiger partial charge is 0.00107 e. The molecule has 0 N–H and O–H groups in total. The molecular weight excluding hydrogens is 252 g/mol. The van der Waals surface area contributed by atoms with Crippen LogP contribution in [0.4, 0.5) is 0 Å². The molecule has 0 saturated heterocycles. The number of benzene rings is 3. The van der Waals surface area contributed by atoms with Crippen LogP contribution < -0.4 is 0 Å². The van der Waals surface area contributed by atoms with Gasteiger partial charge in [-0.2, -0.15) is 0 Å². The van der Waals surface area contributed by atoms with Crippen LogP contribution >= 0.6 is 0 Å². The van der Waals surface area contributed by atoms with Crippen LogP contribution in [0.3, 0.4) is 0 Å². The van der Waals surface area contributed by atoms with Gasteiger partial charge in [0.25, 0.3) is 0 Å². The highest BCUT2D eigenvalue weighted by molar-refractivity contribution is 5.84. The monoisotopic (exact) mass is 270 g/mol. The highest BCUT2D eigenvalue weighted by Gasteiger charge is 2.22. The minimum atomic E-state index is 1.08. The van der Waals surface area contributed by atoms with E-state index in [2.05, 4.69) is 74.5 Å². The molecule has 102 valence electrons. The van der Waals surface area contributed by atoms with Gasteiger partial charge >= 0.3 is 0 Å². The zero-order valence-corrected chi connectivity index (χ0v) is 12.5. The molecule has 0 unspecified atom stereocenters. The summed E-state index contributed by atoms with van der Waals surface area (Å²) in [6.07, 6.45) is 1.08. The Kier molecular flexibility index (Phi) is 2.71. The highest BCUT2D eigenvalue weighted by Crippen LogP contribution is 2.42. The third-order valence-electron chi connectivity index (χ3n) is 4.79. The van der Waals surface area contributed by atoms with E-state index in [4.69, 9.17) is 0 Å². The highest BCUT2D eigenvalue weighted by atomic mass is 14.3. The molecule has 1 aliphatic rings. The Bertz CT molecular complexity index is 825. The van der Waals surface area contributed by atoms with Gasteiger partial charge in [0.05, 0.1) is 0 Å². The average Bonchev–Trinajstić information content (AvgIpc) is 2.90. The van der Waals surface area contributed by atoms with Crippen molar-refractivity contribution in [3.05, 3.63) is 82.9 Å². The molecule has 21 heavy (non-hydrogen) atoms. The second-order valence-electron chi connectivity index (χ2n) is 5.90. The van der Waals surface area contributed by atoms with Crippen LogP contribution in [-0.2, 0) is 6.42 Å². The van der Waals surface area contributed by atoms with Gasteiger partial charge in [0.15, 0.2) is 0 Å². The molecule has 1 aliphatic carbocycles. The fourth-order valence-electron chi connectivity index (χ4n) is 3.48. The van der Waals surface area contributed by atoms with E-state index in [-0.39, 0.29) is 0 Å². The lowest BCUT2D eigenvalue weighted by Gasteiger charge is -2.14. The van der Waals surface area contributed by atoms with Crippen molar-refractivity contribution >= 4 is 0 Å². The van der Waals surface area contributed by atoms with Gasteiger partial charge < -0.3 is 0 Å². The average molecular weight is 270 g/mol.